The molecule has 194 valence electrons. The van der Waals surface area contributed by atoms with Crippen molar-refractivity contribution in [2.45, 2.75) is 70.3 Å². The SMILES string of the molecule is CC(C)C(NC(=O)C(CCC(N)=O)NC(=O)C(Cc1ccccc1)NC(=O)C(N)C(C)O)C(=O)O. The Morgan fingerprint density at radius 3 is 1.91 bits per heavy atom. The Morgan fingerprint density at radius 2 is 1.43 bits per heavy atom. The fraction of sp³-hybridized carbons (Fsp3) is 0.522. The van der Waals surface area contributed by atoms with Crippen molar-refractivity contribution in [3.63, 3.8) is 0 Å². The molecule has 0 aliphatic rings. The van der Waals surface area contributed by atoms with E-state index in [2.05, 4.69) is 16.0 Å². The lowest BCUT2D eigenvalue weighted by Crippen LogP contribution is -2.59. The minimum absolute atomic E-state index is 0.0405. The molecule has 0 aliphatic carbocycles. The zero-order valence-corrected chi connectivity index (χ0v) is 20.1. The largest absolute Gasteiger partial charge is 0.480 e. The molecule has 0 fully saturated rings. The van der Waals surface area contributed by atoms with Gasteiger partial charge in [-0.25, -0.2) is 4.79 Å². The van der Waals surface area contributed by atoms with Gasteiger partial charge in [-0.2, -0.15) is 0 Å². The highest BCUT2D eigenvalue weighted by molar-refractivity contribution is 5.94. The number of amides is 4. The second kappa shape index (κ2) is 14.0. The number of carboxylic acid groups (broad SMARTS) is 1. The molecule has 1 rings (SSSR count). The van der Waals surface area contributed by atoms with Crippen LogP contribution in [0.25, 0.3) is 0 Å². The predicted octanol–water partition coefficient (Wildman–Crippen LogP) is -1.60. The van der Waals surface area contributed by atoms with E-state index in [-0.39, 0.29) is 19.3 Å². The van der Waals surface area contributed by atoms with E-state index in [1.54, 1.807) is 44.2 Å². The monoisotopic (exact) mass is 493 g/mol. The molecule has 12 heteroatoms. The van der Waals surface area contributed by atoms with Crippen LogP contribution in [-0.2, 0) is 30.4 Å². The van der Waals surface area contributed by atoms with Crippen molar-refractivity contribution >= 4 is 29.6 Å². The maximum absolute atomic E-state index is 13.1. The number of primary amides is 1. The molecular formula is C23H35N5O7. The Bertz CT molecular complexity index is 892. The summed E-state index contributed by atoms with van der Waals surface area (Å²) >= 11 is 0. The van der Waals surface area contributed by atoms with Gasteiger partial charge in [0.25, 0.3) is 0 Å². The van der Waals surface area contributed by atoms with Gasteiger partial charge in [0.2, 0.25) is 23.6 Å². The summed E-state index contributed by atoms with van der Waals surface area (Å²) in [7, 11) is 0. The second-order valence-corrected chi connectivity index (χ2v) is 8.65. The first kappa shape index (κ1) is 29.5. The van der Waals surface area contributed by atoms with Crippen molar-refractivity contribution in [2.24, 2.45) is 17.4 Å². The van der Waals surface area contributed by atoms with Crippen LogP contribution in [0.15, 0.2) is 30.3 Å². The maximum Gasteiger partial charge on any atom is 0.326 e. The molecule has 0 radical (unpaired) electrons. The molecule has 5 unspecified atom stereocenters. The average Bonchev–Trinajstić information content (AvgIpc) is 2.78. The number of rotatable bonds is 14. The van der Waals surface area contributed by atoms with Crippen molar-refractivity contribution < 1.29 is 34.2 Å². The first-order valence-electron chi connectivity index (χ1n) is 11.2. The van der Waals surface area contributed by atoms with E-state index in [1.165, 1.54) is 6.92 Å². The zero-order valence-electron chi connectivity index (χ0n) is 20.1. The lowest BCUT2D eigenvalue weighted by Gasteiger charge is -2.26. The topological polar surface area (TPSA) is 214 Å². The Hall–Kier alpha value is -3.51. The van der Waals surface area contributed by atoms with Gasteiger partial charge in [0.15, 0.2) is 0 Å². The highest BCUT2D eigenvalue weighted by Crippen LogP contribution is 2.08. The summed E-state index contributed by atoms with van der Waals surface area (Å²) in [5.74, 6) is -4.77. The van der Waals surface area contributed by atoms with Crippen LogP contribution < -0.4 is 27.4 Å². The maximum atomic E-state index is 13.1. The van der Waals surface area contributed by atoms with E-state index in [4.69, 9.17) is 11.5 Å². The van der Waals surface area contributed by atoms with Crippen molar-refractivity contribution in [3.8, 4) is 0 Å². The van der Waals surface area contributed by atoms with E-state index < -0.39 is 65.8 Å². The van der Waals surface area contributed by atoms with Crippen molar-refractivity contribution in [2.75, 3.05) is 0 Å². The number of nitrogens with two attached hydrogens (primary N) is 2. The van der Waals surface area contributed by atoms with Gasteiger partial charge in [-0.05, 0) is 24.8 Å². The van der Waals surface area contributed by atoms with Gasteiger partial charge in [0, 0.05) is 12.8 Å². The lowest BCUT2D eigenvalue weighted by molar-refractivity contribution is -0.143. The highest BCUT2D eigenvalue weighted by atomic mass is 16.4. The number of carbonyl (C=O) groups is 5. The van der Waals surface area contributed by atoms with Crippen LogP contribution in [-0.4, -0.2) is 70.1 Å². The van der Waals surface area contributed by atoms with Crippen molar-refractivity contribution in [1.29, 1.82) is 0 Å². The van der Waals surface area contributed by atoms with Crippen LogP contribution in [0.4, 0.5) is 0 Å². The van der Waals surface area contributed by atoms with Gasteiger partial charge in [-0.15, -0.1) is 0 Å². The molecule has 0 spiro atoms. The first-order chi connectivity index (χ1) is 16.3. The molecule has 0 saturated carbocycles. The lowest BCUT2D eigenvalue weighted by atomic mass is 10.0. The fourth-order valence-electron chi connectivity index (χ4n) is 3.14. The molecule has 0 heterocycles. The van der Waals surface area contributed by atoms with Gasteiger partial charge in [0.05, 0.1) is 6.10 Å². The molecule has 0 saturated heterocycles. The number of hydrogen-bond acceptors (Lipinski definition) is 7. The van der Waals surface area contributed by atoms with Gasteiger partial charge < -0.3 is 37.6 Å². The molecule has 0 aliphatic heterocycles. The normalized spacial score (nSPS) is 15.3. The van der Waals surface area contributed by atoms with E-state index in [0.29, 0.717) is 5.56 Å². The molecule has 12 nitrogen and oxygen atoms in total. The third-order valence-electron chi connectivity index (χ3n) is 5.28. The van der Waals surface area contributed by atoms with E-state index in [0.717, 1.165) is 0 Å². The predicted molar refractivity (Wildman–Crippen MR) is 126 cm³/mol. The van der Waals surface area contributed by atoms with Gasteiger partial charge >= 0.3 is 5.97 Å². The van der Waals surface area contributed by atoms with Crippen LogP contribution in [0, 0.1) is 5.92 Å². The Balaban J connectivity index is 3.14. The highest BCUT2D eigenvalue weighted by Gasteiger charge is 2.32. The number of aliphatic hydroxyl groups excluding tert-OH is 1. The number of carboxylic acids is 1. The molecule has 0 aromatic heterocycles. The molecule has 9 N–H and O–H groups in total. The standard InChI is InChI=1S/C23H35N5O7/c1-12(2)19(23(34)35)28-20(31)15(9-10-17(24)30)26-21(32)16(11-14-7-5-4-6-8-14)27-22(33)18(25)13(3)29/h4-8,12-13,15-16,18-19,29H,9-11,25H2,1-3H3,(H2,24,30)(H,26,32)(H,27,33)(H,28,31)(H,34,35). The first-order valence-corrected chi connectivity index (χ1v) is 11.2. The smallest absolute Gasteiger partial charge is 0.326 e. The number of aliphatic carboxylic acids is 1. The van der Waals surface area contributed by atoms with Crippen LogP contribution in [0.5, 0.6) is 0 Å². The van der Waals surface area contributed by atoms with Crippen molar-refractivity contribution in [1.82, 2.24) is 16.0 Å². The molecule has 0 bridgehead atoms. The number of nitrogens with one attached hydrogen (secondary N) is 3. The zero-order chi connectivity index (χ0) is 26.7. The Labute approximate surface area is 203 Å². The quantitative estimate of drug-likeness (QED) is 0.160. The summed E-state index contributed by atoms with van der Waals surface area (Å²) in [6, 6.07) is 3.74. The van der Waals surface area contributed by atoms with Crippen molar-refractivity contribution in [3.05, 3.63) is 35.9 Å². The van der Waals surface area contributed by atoms with Crippen LogP contribution in [0.1, 0.15) is 39.2 Å². The molecular weight excluding hydrogens is 458 g/mol. The van der Waals surface area contributed by atoms with Gasteiger partial charge in [-0.3, -0.25) is 19.2 Å². The minimum Gasteiger partial charge on any atom is -0.480 e. The summed E-state index contributed by atoms with van der Waals surface area (Å²) in [5.41, 5.74) is 11.6. The summed E-state index contributed by atoms with van der Waals surface area (Å²) in [6.45, 7) is 4.54. The fourth-order valence-corrected chi connectivity index (χ4v) is 3.14. The molecule has 5 atom stereocenters. The van der Waals surface area contributed by atoms with E-state index in [1.807, 2.05) is 0 Å². The van der Waals surface area contributed by atoms with E-state index in [9.17, 15) is 34.2 Å². The minimum atomic E-state index is -1.30. The summed E-state index contributed by atoms with van der Waals surface area (Å²) in [4.78, 5) is 61.2. The van der Waals surface area contributed by atoms with Crippen LogP contribution in [0.3, 0.4) is 0 Å². The summed E-state index contributed by atoms with van der Waals surface area (Å²) in [5, 5.41) is 26.3. The third-order valence-corrected chi connectivity index (χ3v) is 5.28. The van der Waals surface area contributed by atoms with Gasteiger partial charge in [-0.1, -0.05) is 44.2 Å². The Kier molecular flexibility index (Phi) is 11.8. The molecule has 1 aromatic rings. The average molecular weight is 494 g/mol. The summed E-state index contributed by atoms with van der Waals surface area (Å²) in [6.07, 6.45) is -1.57. The third kappa shape index (κ3) is 10.1. The van der Waals surface area contributed by atoms with Crippen LogP contribution >= 0.6 is 0 Å². The molecule has 4 amide bonds. The second-order valence-electron chi connectivity index (χ2n) is 8.65. The summed E-state index contributed by atoms with van der Waals surface area (Å²) < 4.78 is 0. The number of aliphatic hydroxyl groups is 1. The molecule has 35 heavy (non-hydrogen) atoms. The molecule has 1 aromatic carbocycles. The van der Waals surface area contributed by atoms with Gasteiger partial charge in [0.1, 0.15) is 24.2 Å². The van der Waals surface area contributed by atoms with E-state index >= 15 is 0 Å². The van der Waals surface area contributed by atoms with Crippen LogP contribution in [0.2, 0.25) is 0 Å². The number of hydrogen-bond donors (Lipinski definition) is 7. The number of carbonyl (C=O) groups excluding carboxylic acids is 4. The Morgan fingerprint density at radius 1 is 0.886 bits per heavy atom. The number of benzene rings is 1.